The lowest BCUT2D eigenvalue weighted by molar-refractivity contribution is 0.0279. The summed E-state index contributed by atoms with van der Waals surface area (Å²) in [6, 6.07) is 0. The zero-order valence-electron chi connectivity index (χ0n) is 9.61. The van der Waals surface area contributed by atoms with Crippen LogP contribution in [0.2, 0.25) is 0 Å². The summed E-state index contributed by atoms with van der Waals surface area (Å²) in [5.74, 6) is -0.00667. The van der Waals surface area contributed by atoms with E-state index in [-0.39, 0.29) is 12.0 Å². The molecule has 0 aromatic rings. The van der Waals surface area contributed by atoms with Gasteiger partial charge in [0.1, 0.15) is 0 Å². The summed E-state index contributed by atoms with van der Waals surface area (Å²) in [6.07, 6.45) is 6.40. The van der Waals surface area contributed by atoms with Gasteiger partial charge in [0.05, 0.1) is 12.2 Å². The number of aliphatic hydroxyl groups excluding tert-OH is 2. The molecule has 0 bridgehead atoms. The van der Waals surface area contributed by atoms with Crippen molar-refractivity contribution < 1.29 is 10.2 Å². The van der Waals surface area contributed by atoms with Gasteiger partial charge < -0.3 is 10.2 Å². The van der Waals surface area contributed by atoms with Crippen LogP contribution < -0.4 is 0 Å². The van der Waals surface area contributed by atoms with Gasteiger partial charge in [0.25, 0.3) is 0 Å². The molecule has 84 valence electrons. The second-order valence-corrected chi connectivity index (χ2v) is 3.76. The molecule has 0 aliphatic carbocycles. The summed E-state index contributed by atoms with van der Waals surface area (Å²) < 4.78 is 0. The maximum atomic E-state index is 9.83. The van der Waals surface area contributed by atoms with Crippen molar-refractivity contribution in [1.82, 2.24) is 0 Å². The highest BCUT2D eigenvalue weighted by atomic mass is 16.3. The second-order valence-electron chi connectivity index (χ2n) is 3.76. The van der Waals surface area contributed by atoms with E-state index in [2.05, 4.69) is 6.92 Å². The molecule has 0 amide bonds. The van der Waals surface area contributed by atoms with E-state index in [0.29, 0.717) is 6.42 Å². The smallest absolute Gasteiger partial charge is 0.0773 e. The van der Waals surface area contributed by atoms with Crippen LogP contribution in [0.5, 0.6) is 0 Å². The molecule has 0 heterocycles. The number of hydrogen-bond donors (Lipinski definition) is 2. The first kappa shape index (κ1) is 13.7. The fourth-order valence-corrected chi connectivity index (χ4v) is 1.65. The van der Waals surface area contributed by atoms with Crippen molar-refractivity contribution in [3.63, 3.8) is 0 Å². The minimum atomic E-state index is -0.496. The second kappa shape index (κ2) is 8.01. The van der Waals surface area contributed by atoms with Crippen LogP contribution >= 0.6 is 0 Å². The van der Waals surface area contributed by atoms with Gasteiger partial charge in [-0.15, -0.1) is 0 Å². The van der Waals surface area contributed by atoms with Gasteiger partial charge in [0.15, 0.2) is 0 Å². The monoisotopic (exact) mass is 200 g/mol. The summed E-state index contributed by atoms with van der Waals surface area (Å²) >= 11 is 0. The fourth-order valence-electron chi connectivity index (χ4n) is 1.65. The third-order valence-electron chi connectivity index (χ3n) is 2.54. The normalized spacial score (nSPS) is 18.4. The van der Waals surface area contributed by atoms with Crippen LogP contribution in [0.1, 0.15) is 46.5 Å². The molecule has 2 N–H and O–H groups in total. The summed E-state index contributed by atoms with van der Waals surface area (Å²) in [6.45, 7) is 6.06. The minimum absolute atomic E-state index is 0.00667. The lowest BCUT2D eigenvalue weighted by Gasteiger charge is -2.24. The van der Waals surface area contributed by atoms with E-state index >= 15 is 0 Å². The van der Waals surface area contributed by atoms with Crippen molar-refractivity contribution in [2.45, 2.75) is 58.7 Å². The molecule has 0 aromatic carbocycles. The van der Waals surface area contributed by atoms with Gasteiger partial charge in [-0.1, -0.05) is 39.3 Å². The molecular weight excluding hydrogens is 176 g/mol. The van der Waals surface area contributed by atoms with Crippen LogP contribution in [0.15, 0.2) is 12.2 Å². The lowest BCUT2D eigenvalue weighted by atomic mass is 9.89. The van der Waals surface area contributed by atoms with E-state index in [1.807, 2.05) is 19.9 Å². The van der Waals surface area contributed by atoms with E-state index in [9.17, 15) is 10.2 Å². The topological polar surface area (TPSA) is 40.5 Å². The Morgan fingerprint density at radius 3 is 2.21 bits per heavy atom. The first-order valence-electron chi connectivity index (χ1n) is 5.70. The Hall–Kier alpha value is -0.340. The van der Waals surface area contributed by atoms with Crippen LogP contribution in [0.3, 0.4) is 0 Å². The Kier molecular flexibility index (Phi) is 7.81. The zero-order chi connectivity index (χ0) is 11.0. The molecule has 0 spiro atoms. The highest BCUT2D eigenvalue weighted by Crippen LogP contribution is 2.19. The average molecular weight is 200 g/mol. The number of allylic oxidation sites excluding steroid dienone is 1. The van der Waals surface area contributed by atoms with Crippen molar-refractivity contribution >= 4 is 0 Å². The van der Waals surface area contributed by atoms with E-state index < -0.39 is 6.10 Å². The van der Waals surface area contributed by atoms with Gasteiger partial charge in [-0.25, -0.2) is 0 Å². The van der Waals surface area contributed by atoms with Crippen molar-refractivity contribution in [1.29, 1.82) is 0 Å². The van der Waals surface area contributed by atoms with Gasteiger partial charge in [0, 0.05) is 5.92 Å². The summed E-state index contributed by atoms with van der Waals surface area (Å²) in [7, 11) is 0. The summed E-state index contributed by atoms with van der Waals surface area (Å²) in [5, 5.41) is 19.6. The Morgan fingerprint density at radius 2 is 1.79 bits per heavy atom. The molecule has 0 aliphatic heterocycles. The Balaban J connectivity index is 4.23. The van der Waals surface area contributed by atoms with Crippen LogP contribution in [-0.4, -0.2) is 22.4 Å². The highest BCUT2D eigenvalue weighted by molar-refractivity contribution is 4.93. The largest absolute Gasteiger partial charge is 0.393 e. The summed E-state index contributed by atoms with van der Waals surface area (Å²) in [5.41, 5.74) is 0. The molecule has 0 saturated carbocycles. The minimum Gasteiger partial charge on any atom is -0.393 e. The summed E-state index contributed by atoms with van der Waals surface area (Å²) in [4.78, 5) is 0. The quantitative estimate of drug-likeness (QED) is 0.620. The van der Waals surface area contributed by atoms with E-state index in [1.54, 1.807) is 6.08 Å². The molecule has 14 heavy (non-hydrogen) atoms. The van der Waals surface area contributed by atoms with Gasteiger partial charge in [-0.3, -0.25) is 0 Å². The van der Waals surface area contributed by atoms with Gasteiger partial charge in [-0.2, -0.15) is 0 Å². The number of hydrogen-bond acceptors (Lipinski definition) is 2. The molecule has 0 radical (unpaired) electrons. The lowest BCUT2D eigenvalue weighted by Crippen LogP contribution is -2.30. The van der Waals surface area contributed by atoms with Crippen LogP contribution in [-0.2, 0) is 0 Å². The molecule has 3 unspecified atom stereocenters. The molecule has 2 heteroatoms. The molecular formula is C12H24O2. The predicted molar refractivity (Wildman–Crippen MR) is 60.1 cm³/mol. The maximum absolute atomic E-state index is 9.83. The first-order chi connectivity index (χ1) is 6.67. The van der Waals surface area contributed by atoms with Crippen molar-refractivity contribution in [2.24, 2.45) is 5.92 Å². The Bertz CT molecular complexity index is 154. The fraction of sp³-hybridized carbons (Fsp3) is 0.833. The van der Waals surface area contributed by atoms with E-state index in [0.717, 1.165) is 19.3 Å². The molecule has 0 aliphatic rings. The average Bonchev–Trinajstić information content (AvgIpc) is 2.21. The zero-order valence-corrected chi connectivity index (χ0v) is 9.61. The SMILES string of the molecule is CC/C=C/C(O)C(CCC)C(O)CC. The van der Waals surface area contributed by atoms with Crippen molar-refractivity contribution in [3.8, 4) is 0 Å². The third-order valence-corrected chi connectivity index (χ3v) is 2.54. The number of aliphatic hydroxyl groups is 2. The Labute approximate surface area is 87.7 Å². The van der Waals surface area contributed by atoms with E-state index in [1.165, 1.54) is 0 Å². The van der Waals surface area contributed by atoms with Crippen molar-refractivity contribution in [3.05, 3.63) is 12.2 Å². The van der Waals surface area contributed by atoms with Crippen molar-refractivity contribution in [2.75, 3.05) is 0 Å². The van der Waals surface area contributed by atoms with E-state index in [4.69, 9.17) is 0 Å². The molecule has 0 saturated heterocycles. The van der Waals surface area contributed by atoms with Crippen LogP contribution in [0.4, 0.5) is 0 Å². The third kappa shape index (κ3) is 4.77. The number of rotatable bonds is 7. The molecule has 0 aromatic heterocycles. The van der Waals surface area contributed by atoms with Gasteiger partial charge >= 0.3 is 0 Å². The molecule has 3 atom stereocenters. The standard InChI is InChI=1S/C12H24O2/c1-4-7-9-12(14)10(8-5-2)11(13)6-3/h7,9-14H,4-6,8H2,1-3H3/b9-7+. The van der Waals surface area contributed by atoms with Crippen LogP contribution in [0, 0.1) is 5.92 Å². The van der Waals surface area contributed by atoms with Crippen LogP contribution in [0.25, 0.3) is 0 Å². The van der Waals surface area contributed by atoms with Gasteiger partial charge in [0.2, 0.25) is 0 Å². The molecule has 0 fully saturated rings. The first-order valence-corrected chi connectivity index (χ1v) is 5.70. The predicted octanol–water partition coefficient (Wildman–Crippen LogP) is 2.50. The Morgan fingerprint density at radius 1 is 1.14 bits per heavy atom. The van der Waals surface area contributed by atoms with Gasteiger partial charge in [-0.05, 0) is 19.3 Å². The highest BCUT2D eigenvalue weighted by Gasteiger charge is 2.22. The molecule has 0 rings (SSSR count). The maximum Gasteiger partial charge on any atom is 0.0773 e. The molecule has 2 nitrogen and oxygen atoms in total.